The van der Waals surface area contributed by atoms with Crippen LogP contribution in [-0.4, -0.2) is 6.54 Å². The smallest absolute Gasteiger partial charge is 0.0409 e. The fourth-order valence-corrected chi connectivity index (χ4v) is 4.05. The van der Waals surface area contributed by atoms with E-state index in [9.17, 15) is 0 Å². The molecule has 2 fully saturated rings. The second-order valence-corrected chi connectivity index (χ2v) is 6.56. The molecule has 2 aliphatic rings. The Morgan fingerprint density at radius 2 is 2.22 bits per heavy atom. The Balaban J connectivity index is 1.54. The summed E-state index contributed by atoms with van der Waals surface area (Å²) in [6, 6.07) is 8.61. The average molecular weight is 264 g/mol. The van der Waals surface area contributed by atoms with E-state index in [-0.39, 0.29) is 0 Å². The molecule has 18 heavy (non-hydrogen) atoms. The molecule has 2 heteroatoms. The molecule has 0 aliphatic heterocycles. The van der Waals surface area contributed by atoms with Crippen molar-refractivity contribution in [2.45, 2.75) is 38.6 Å². The van der Waals surface area contributed by atoms with Crippen LogP contribution in [-0.2, 0) is 0 Å². The summed E-state index contributed by atoms with van der Waals surface area (Å²) in [7, 11) is 0. The van der Waals surface area contributed by atoms with E-state index >= 15 is 0 Å². The fraction of sp³-hybridized carbons (Fsp3) is 0.625. The van der Waals surface area contributed by atoms with Gasteiger partial charge in [-0.05, 0) is 68.2 Å². The summed E-state index contributed by atoms with van der Waals surface area (Å²) in [6.45, 7) is 3.41. The molecule has 4 atom stereocenters. The minimum atomic E-state index is 0.405. The van der Waals surface area contributed by atoms with Crippen LogP contribution < -0.4 is 5.32 Å². The van der Waals surface area contributed by atoms with Gasteiger partial charge in [0.05, 0.1) is 0 Å². The highest BCUT2D eigenvalue weighted by atomic mass is 35.5. The van der Waals surface area contributed by atoms with Gasteiger partial charge in [-0.3, -0.25) is 0 Å². The van der Waals surface area contributed by atoms with Crippen LogP contribution in [0, 0.1) is 17.8 Å². The van der Waals surface area contributed by atoms with Gasteiger partial charge in [-0.1, -0.05) is 30.2 Å². The summed E-state index contributed by atoms with van der Waals surface area (Å²) in [6.07, 6.45) is 5.92. The summed E-state index contributed by atoms with van der Waals surface area (Å²) < 4.78 is 0. The van der Waals surface area contributed by atoms with Crippen LogP contribution in [0.5, 0.6) is 0 Å². The second-order valence-electron chi connectivity index (χ2n) is 6.12. The van der Waals surface area contributed by atoms with Gasteiger partial charge in [-0.15, -0.1) is 0 Å². The molecule has 0 radical (unpaired) electrons. The number of hydrogen-bond donors (Lipinski definition) is 1. The molecule has 1 N–H and O–H groups in total. The van der Waals surface area contributed by atoms with E-state index in [1.165, 1.54) is 37.8 Å². The monoisotopic (exact) mass is 263 g/mol. The van der Waals surface area contributed by atoms with E-state index in [0.29, 0.717) is 6.04 Å². The minimum Gasteiger partial charge on any atom is -0.310 e. The predicted molar refractivity (Wildman–Crippen MR) is 76.8 cm³/mol. The van der Waals surface area contributed by atoms with Gasteiger partial charge in [0.2, 0.25) is 0 Å². The van der Waals surface area contributed by atoms with Crippen LogP contribution in [0.15, 0.2) is 24.3 Å². The molecule has 3 rings (SSSR count). The van der Waals surface area contributed by atoms with Crippen molar-refractivity contribution in [1.82, 2.24) is 5.32 Å². The van der Waals surface area contributed by atoms with Gasteiger partial charge in [0.25, 0.3) is 0 Å². The van der Waals surface area contributed by atoms with Gasteiger partial charge in [-0.25, -0.2) is 0 Å². The maximum absolute atomic E-state index is 6.04. The summed E-state index contributed by atoms with van der Waals surface area (Å²) in [5, 5.41) is 4.53. The van der Waals surface area contributed by atoms with Crippen molar-refractivity contribution >= 4 is 11.6 Å². The predicted octanol–water partition coefficient (Wildman–Crippen LogP) is 4.43. The molecule has 0 saturated heterocycles. The van der Waals surface area contributed by atoms with Crippen LogP contribution in [0.4, 0.5) is 0 Å². The van der Waals surface area contributed by atoms with Crippen molar-refractivity contribution in [2.75, 3.05) is 6.54 Å². The van der Waals surface area contributed by atoms with Crippen molar-refractivity contribution in [2.24, 2.45) is 17.8 Å². The molecule has 0 aromatic heterocycles. The van der Waals surface area contributed by atoms with Gasteiger partial charge in [0.15, 0.2) is 0 Å². The second kappa shape index (κ2) is 5.22. The summed E-state index contributed by atoms with van der Waals surface area (Å²) in [4.78, 5) is 0. The molecule has 2 bridgehead atoms. The van der Waals surface area contributed by atoms with E-state index in [4.69, 9.17) is 11.6 Å². The molecule has 0 spiro atoms. The van der Waals surface area contributed by atoms with Gasteiger partial charge in [-0.2, -0.15) is 0 Å². The fourth-order valence-electron chi connectivity index (χ4n) is 3.85. The lowest BCUT2D eigenvalue weighted by molar-refractivity contribution is 0.309. The van der Waals surface area contributed by atoms with Crippen LogP contribution in [0.1, 0.15) is 44.2 Å². The van der Waals surface area contributed by atoms with Gasteiger partial charge in [0, 0.05) is 11.1 Å². The number of benzene rings is 1. The van der Waals surface area contributed by atoms with E-state index in [0.717, 1.165) is 22.8 Å². The van der Waals surface area contributed by atoms with Crippen molar-refractivity contribution in [3.8, 4) is 0 Å². The molecule has 0 amide bonds. The summed E-state index contributed by atoms with van der Waals surface area (Å²) >= 11 is 6.04. The first-order chi connectivity index (χ1) is 8.72. The number of hydrogen-bond acceptors (Lipinski definition) is 1. The average Bonchev–Trinajstić information content (AvgIpc) is 2.98. The van der Waals surface area contributed by atoms with Gasteiger partial charge in [0.1, 0.15) is 0 Å². The number of rotatable bonds is 4. The Hall–Kier alpha value is -0.530. The highest BCUT2D eigenvalue weighted by Crippen LogP contribution is 2.48. The van der Waals surface area contributed by atoms with Crippen molar-refractivity contribution in [1.29, 1.82) is 0 Å². The zero-order chi connectivity index (χ0) is 12.5. The standard InChI is InChI=1S/C16H22ClN/c1-11(13-3-2-4-16(17)9-13)18-10-15-8-12-5-6-14(15)7-12/h2-4,9,11-12,14-15,18H,5-8,10H2,1H3. The zero-order valence-corrected chi connectivity index (χ0v) is 11.8. The lowest BCUT2D eigenvalue weighted by atomic mass is 9.88. The quantitative estimate of drug-likeness (QED) is 0.848. The van der Waals surface area contributed by atoms with Crippen molar-refractivity contribution in [3.63, 3.8) is 0 Å². The van der Waals surface area contributed by atoms with E-state index in [1.807, 2.05) is 12.1 Å². The zero-order valence-electron chi connectivity index (χ0n) is 11.0. The Labute approximate surface area is 115 Å². The Morgan fingerprint density at radius 3 is 2.89 bits per heavy atom. The minimum absolute atomic E-state index is 0.405. The van der Waals surface area contributed by atoms with E-state index in [1.54, 1.807) is 0 Å². The first-order valence-corrected chi connectivity index (χ1v) is 7.59. The maximum Gasteiger partial charge on any atom is 0.0409 e. The Kier molecular flexibility index (Phi) is 3.63. The topological polar surface area (TPSA) is 12.0 Å². The molecule has 1 aromatic carbocycles. The van der Waals surface area contributed by atoms with Crippen LogP contribution >= 0.6 is 11.6 Å². The SMILES string of the molecule is CC(NCC1CC2CCC1C2)c1cccc(Cl)c1. The van der Waals surface area contributed by atoms with Crippen LogP contribution in [0.25, 0.3) is 0 Å². The highest BCUT2D eigenvalue weighted by Gasteiger charge is 2.39. The van der Waals surface area contributed by atoms with Crippen molar-refractivity contribution in [3.05, 3.63) is 34.9 Å². The number of fused-ring (bicyclic) bond motifs is 2. The van der Waals surface area contributed by atoms with E-state index in [2.05, 4.69) is 24.4 Å². The third-order valence-corrected chi connectivity index (χ3v) is 5.15. The van der Waals surface area contributed by atoms with Crippen LogP contribution in [0.2, 0.25) is 5.02 Å². The first-order valence-electron chi connectivity index (χ1n) is 7.21. The van der Waals surface area contributed by atoms with E-state index < -0.39 is 0 Å². The van der Waals surface area contributed by atoms with Gasteiger partial charge < -0.3 is 5.32 Å². The first kappa shape index (κ1) is 12.5. The summed E-state index contributed by atoms with van der Waals surface area (Å²) in [5.74, 6) is 2.97. The molecule has 2 saturated carbocycles. The molecular formula is C16H22ClN. The number of nitrogens with one attached hydrogen (secondary N) is 1. The maximum atomic E-state index is 6.04. The summed E-state index contributed by atoms with van der Waals surface area (Å²) in [5.41, 5.74) is 1.30. The lowest BCUT2D eigenvalue weighted by Crippen LogP contribution is -2.28. The molecule has 1 nitrogen and oxygen atoms in total. The molecule has 98 valence electrons. The van der Waals surface area contributed by atoms with Crippen molar-refractivity contribution < 1.29 is 0 Å². The Bertz CT molecular complexity index is 417. The molecule has 0 heterocycles. The normalized spacial score (nSPS) is 31.8. The third-order valence-electron chi connectivity index (χ3n) is 4.92. The molecular weight excluding hydrogens is 242 g/mol. The molecule has 2 aliphatic carbocycles. The highest BCUT2D eigenvalue weighted by molar-refractivity contribution is 6.30. The van der Waals surface area contributed by atoms with Gasteiger partial charge >= 0.3 is 0 Å². The number of halogens is 1. The molecule has 4 unspecified atom stereocenters. The lowest BCUT2D eigenvalue weighted by Gasteiger charge is -2.24. The largest absolute Gasteiger partial charge is 0.310 e. The Morgan fingerprint density at radius 1 is 1.33 bits per heavy atom. The third kappa shape index (κ3) is 2.57. The van der Waals surface area contributed by atoms with Crippen LogP contribution in [0.3, 0.4) is 0 Å². The molecule has 1 aromatic rings.